The van der Waals surface area contributed by atoms with Crippen molar-refractivity contribution in [3.8, 4) is 6.07 Å². The zero-order valence-corrected chi connectivity index (χ0v) is 13.3. The quantitative estimate of drug-likeness (QED) is 0.696. The van der Waals surface area contributed by atoms with Crippen LogP contribution >= 0.6 is 31.9 Å². The summed E-state index contributed by atoms with van der Waals surface area (Å²) in [5, 5.41) is 9.26. The van der Waals surface area contributed by atoms with Gasteiger partial charge in [-0.3, -0.25) is 4.79 Å². The summed E-state index contributed by atoms with van der Waals surface area (Å²) in [6.07, 6.45) is 0. The molecule has 0 amide bonds. The maximum absolute atomic E-state index is 13.8. The summed E-state index contributed by atoms with van der Waals surface area (Å²) < 4.78 is 14.9. The highest BCUT2D eigenvalue weighted by atomic mass is 79.9. The Kier molecular flexibility index (Phi) is 4.69. The van der Waals surface area contributed by atoms with E-state index < -0.39 is 17.5 Å². The molecule has 0 bridgehead atoms. The number of carbonyl (C=O) groups is 1. The normalized spacial score (nSPS) is 11.7. The first-order valence-electron chi connectivity index (χ1n) is 5.68. The third kappa shape index (κ3) is 2.97. The van der Waals surface area contributed by atoms with E-state index in [0.717, 1.165) is 4.47 Å². The van der Waals surface area contributed by atoms with Gasteiger partial charge in [-0.05, 0) is 45.8 Å². The summed E-state index contributed by atoms with van der Waals surface area (Å²) in [6, 6.07) is 13.1. The highest BCUT2D eigenvalue weighted by molar-refractivity contribution is 9.10. The number of rotatable bonds is 3. The van der Waals surface area contributed by atoms with Gasteiger partial charge in [-0.1, -0.05) is 34.1 Å². The van der Waals surface area contributed by atoms with Crippen LogP contribution in [0.15, 0.2) is 51.4 Å². The van der Waals surface area contributed by atoms with Crippen LogP contribution in [-0.4, -0.2) is 5.78 Å². The van der Waals surface area contributed by atoms with Crippen LogP contribution in [0.5, 0.6) is 0 Å². The van der Waals surface area contributed by atoms with Gasteiger partial charge in [0.25, 0.3) is 0 Å². The lowest BCUT2D eigenvalue weighted by atomic mass is 9.92. The van der Waals surface area contributed by atoms with Crippen molar-refractivity contribution in [3.05, 3.63) is 68.4 Å². The van der Waals surface area contributed by atoms with Crippen LogP contribution in [0.3, 0.4) is 0 Å². The summed E-state index contributed by atoms with van der Waals surface area (Å²) in [5.74, 6) is -2.24. The van der Waals surface area contributed by atoms with Gasteiger partial charge in [0.05, 0.1) is 11.6 Å². The number of Topliss-reactive ketones (excluding diaryl/α,β-unsaturated/α-hetero) is 1. The number of hydrogen-bond acceptors (Lipinski definition) is 2. The molecule has 0 saturated carbocycles. The summed E-state index contributed by atoms with van der Waals surface area (Å²) in [5.41, 5.74) is 0.432. The van der Waals surface area contributed by atoms with Crippen LogP contribution in [0.25, 0.3) is 0 Å². The van der Waals surface area contributed by atoms with Gasteiger partial charge < -0.3 is 0 Å². The van der Waals surface area contributed by atoms with Gasteiger partial charge in [0, 0.05) is 8.95 Å². The molecule has 2 nitrogen and oxygen atoms in total. The molecule has 0 fully saturated rings. The van der Waals surface area contributed by atoms with Gasteiger partial charge in [0.1, 0.15) is 11.7 Å². The van der Waals surface area contributed by atoms with E-state index in [1.165, 1.54) is 12.1 Å². The first-order chi connectivity index (χ1) is 9.54. The van der Waals surface area contributed by atoms with Gasteiger partial charge in [0.2, 0.25) is 0 Å². The van der Waals surface area contributed by atoms with Crippen LogP contribution in [0, 0.1) is 17.1 Å². The molecule has 0 aliphatic heterocycles. The molecule has 5 heteroatoms. The minimum atomic E-state index is -1.04. The Bertz CT molecular complexity index is 689. The fraction of sp³-hybridized carbons (Fsp3) is 0.0667. The van der Waals surface area contributed by atoms with Crippen LogP contribution in [0.1, 0.15) is 21.8 Å². The Labute approximate surface area is 132 Å². The first-order valence-corrected chi connectivity index (χ1v) is 7.26. The van der Waals surface area contributed by atoms with Crippen molar-refractivity contribution >= 4 is 37.6 Å². The second kappa shape index (κ2) is 6.29. The number of hydrogen-bond donors (Lipinski definition) is 0. The van der Waals surface area contributed by atoms with E-state index in [2.05, 4.69) is 31.9 Å². The molecule has 100 valence electrons. The highest BCUT2D eigenvalue weighted by Gasteiger charge is 2.26. The van der Waals surface area contributed by atoms with Gasteiger partial charge in [-0.25, -0.2) is 4.39 Å². The van der Waals surface area contributed by atoms with Gasteiger partial charge in [-0.2, -0.15) is 5.26 Å². The molecule has 0 aromatic heterocycles. The predicted molar refractivity (Wildman–Crippen MR) is 80.9 cm³/mol. The second-order valence-corrected chi connectivity index (χ2v) is 5.85. The van der Waals surface area contributed by atoms with Gasteiger partial charge in [0.15, 0.2) is 5.78 Å². The number of carbonyl (C=O) groups excluding carboxylic acids is 1. The molecule has 20 heavy (non-hydrogen) atoms. The molecule has 1 unspecified atom stereocenters. The van der Waals surface area contributed by atoms with E-state index in [9.17, 15) is 14.4 Å². The molecule has 0 heterocycles. The van der Waals surface area contributed by atoms with E-state index in [-0.39, 0.29) is 5.56 Å². The Hall–Kier alpha value is -1.51. The highest BCUT2D eigenvalue weighted by Crippen LogP contribution is 2.28. The van der Waals surface area contributed by atoms with Crippen LogP contribution in [0.2, 0.25) is 0 Å². The van der Waals surface area contributed by atoms with Gasteiger partial charge >= 0.3 is 0 Å². The average molecular weight is 397 g/mol. The maximum Gasteiger partial charge on any atom is 0.188 e. The third-order valence-electron chi connectivity index (χ3n) is 2.78. The molecule has 0 saturated heterocycles. The second-order valence-electron chi connectivity index (χ2n) is 4.08. The summed E-state index contributed by atoms with van der Waals surface area (Å²) in [4.78, 5) is 12.4. The lowest BCUT2D eigenvalue weighted by Crippen LogP contribution is -2.13. The lowest BCUT2D eigenvalue weighted by molar-refractivity contribution is 0.0974. The molecule has 0 aliphatic carbocycles. The average Bonchev–Trinajstić information content (AvgIpc) is 2.39. The van der Waals surface area contributed by atoms with E-state index in [0.29, 0.717) is 10.0 Å². The van der Waals surface area contributed by atoms with Crippen molar-refractivity contribution in [2.45, 2.75) is 5.92 Å². The minimum absolute atomic E-state index is 0.0981. The maximum atomic E-state index is 13.8. The number of halogens is 3. The van der Waals surface area contributed by atoms with Crippen LogP contribution in [0.4, 0.5) is 4.39 Å². The molecule has 1 atom stereocenters. The monoisotopic (exact) mass is 395 g/mol. The lowest BCUT2D eigenvalue weighted by Gasteiger charge is -2.11. The molecule has 0 aliphatic rings. The zero-order chi connectivity index (χ0) is 14.7. The number of nitrogens with zero attached hydrogens (tertiary/aromatic N) is 1. The topological polar surface area (TPSA) is 40.9 Å². The van der Waals surface area contributed by atoms with Crippen molar-refractivity contribution in [2.75, 3.05) is 0 Å². The Morgan fingerprint density at radius 2 is 1.90 bits per heavy atom. The molecule has 2 aromatic rings. The molecule has 0 spiro atoms. The Balaban J connectivity index is 2.48. The van der Waals surface area contributed by atoms with E-state index in [1.807, 2.05) is 6.07 Å². The van der Waals surface area contributed by atoms with Crippen molar-refractivity contribution in [3.63, 3.8) is 0 Å². The molecular formula is C15H8Br2FNO. The fourth-order valence-electron chi connectivity index (χ4n) is 1.85. The van der Waals surface area contributed by atoms with Crippen molar-refractivity contribution in [1.82, 2.24) is 0 Å². The zero-order valence-electron chi connectivity index (χ0n) is 10.1. The number of nitriles is 1. The van der Waals surface area contributed by atoms with Crippen molar-refractivity contribution in [2.24, 2.45) is 0 Å². The summed E-state index contributed by atoms with van der Waals surface area (Å²) >= 11 is 6.44. The molecule has 0 radical (unpaired) electrons. The fourth-order valence-corrected chi connectivity index (χ4v) is 2.80. The first kappa shape index (κ1) is 14.9. The van der Waals surface area contributed by atoms with Crippen molar-refractivity contribution in [1.29, 1.82) is 5.26 Å². The summed E-state index contributed by atoms with van der Waals surface area (Å²) in [6.45, 7) is 0. The standard InChI is InChI=1S/C15H8Br2FNO/c16-10-4-1-3-9(7-10)11(8-19)15(20)14-12(17)5-2-6-13(14)18/h1-7,11H. The summed E-state index contributed by atoms with van der Waals surface area (Å²) in [7, 11) is 0. The Morgan fingerprint density at radius 1 is 1.20 bits per heavy atom. The SMILES string of the molecule is N#CC(C(=O)c1c(F)cccc1Br)c1cccc(Br)c1. The molecular weight excluding hydrogens is 389 g/mol. The predicted octanol–water partition coefficient (Wildman–Crippen LogP) is 4.84. The number of ketones is 1. The molecule has 2 rings (SSSR count). The van der Waals surface area contributed by atoms with E-state index >= 15 is 0 Å². The minimum Gasteiger partial charge on any atom is -0.292 e. The molecule has 0 N–H and O–H groups in total. The third-order valence-corrected chi connectivity index (χ3v) is 3.94. The van der Waals surface area contributed by atoms with Gasteiger partial charge in [-0.15, -0.1) is 0 Å². The van der Waals surface area contributed by atoms with Crippen LogP contribution < -0.4 is 0 Å². The number of benzene rings is 2. The van der Waals surface area contributed by atoms with Crippen LogP contribution in [-0.2, 0) is 0 Å². The largest absolute Gasteiger partial charge is 0.292 e. The molecule has 2 aromatic carbocycles. The Morgan fingerprint density at radius 3 is 2.50 bits per heavy atom. The van der Waals surface area contributed by atoms with E-state index in [4.69, 9.17) is 0 Å². The smallest absolute Gasteiger partial charge is 0.188 e. The van der Waals surface area contributed by atoms with Crippen molar-refractivity contribution < 1.29 is 9.18 Å². The van der Waals surface area contributed by atoms with E-state index in [1.54, 1.807) is 30.3 Å².